The largest absolute Gasteiger partial charge is 0.493 e. The van der Waals surface area contributed by atoms with Crippen molar-refractivity contribution in [2.24, 2.45) is 5.73 Å². The van der Waals surface area contributed by atoms with E-state index in [1.807, 2.05) is 12.1 Å². The standard InChI is InChI=1S/C12H18N2O3.ClH/c1-8(13)12(15)14-7-9-5-4-6-10(16-2)11(9)17-3;/h4-6,8H,7,13H2,1-3H3,(H,14,15);1H. The van der Waals surface area contributed by atoms with E-state index in [2.05, 4.69) is 5.32 Å². The third kappa shape index (κ3) is 4.09. The van der Waals surface area contributed by atoms with Crippen LogP contribution in [0.2, 0.25) is 0 Å². The molecule has 0 saturated heterocycles. The van der Waals surface area contributed by atoms with Crippen molar-refractivity contribution >= 4 is 18.3 Å². The van der Waals surface area contributed by atoms with Crippen LogP contribution in [-0.4, -0.2) is 26.2 Å². The van der Waals surface area contributed by atoms with Gasteiger partial charge in [0.25, 0.3) is 0 Å². The molecule has 102 valence electrons. The molecule has 0 heterocycles. The monoisotopic (exact) mass is 274 g/mol. The Hall–Kier alpha value is -1.46. The number of hydrogen-bond donors (Lipinski definition) is 2. The number of ether oxygens (including phenoxy) is 2. The summed E-state index contributed by atoms with van der Waals surface area (Å²) >= 11 is 0. The Labute approximate surface area is 113 Å². The van der Waals surface area contributed by atoms with Crippen LogP contribution in [0.3, 0.4) is 0 Å². The number of hydrogen-bond acceptors (Lipinski definition) is 4. The predicted molar refractivity (Wildman–Crippen MR) is 72.3 cm³/mol. The van der Waals surface area contributed by atoms with Gasteiger partial charge in [0.2, 0.25) is 5.91 Å². The van der Waals surface area contributed by atoms with E-state index in [1.54, 1.807) is 27.2 Å². The van der Waals surface area contributed by atoms with E-state index in [-0.39, 0.29) is 18.3 Å². The third-order valence-electron chi connectivity index (χ3n) is 2.35. The Kier molecular flexibility index (Phi) is 7.16. The number of methoxy groups -OCH3 is 2. The number of halogens is 1. The highest BCUT2D eigenvalue weighted by Crippen LogP contribution is 2.30. The number of para-hydroxylation sites is 1. The molecule has 18 heavy (non-hydrogen) atoms. The Morgan fingerprint density at radius 2 is 2.06 bits per heavy atom. The summed E-state index contributed by atoms with van der Waals surface area (Å²) in [4.78, 5) is 11.4. The average Bonchev–Trinajstić information content (AvgIpc) is 2.34. The molecule has 0 aromatic heterocycles. The second-order valence-corrected chi connectivity index (χ2v) is 3.66. The molecule has 1 unspecified atom stereocenters. The minimum Gasteiger partial charge on any atom is -0.493 e. The maximum Gasteiger partial charge on any atom is 0.236 e. The lowest BCUT2D eigenvalue weighted by molar-refractivity contribution is -0.122. The fourth-order valence-corrected chi connectivity index (χ4v) is 1.44. The Morgan fingerprint density at radius 3 is 2.56 bits per heavy atom. The molecule has 0 aliphatic carbocycles. The zero-order valence-corrected chi connectivity index (χ0v) is 11.5. The first kappa shape index (κ1) is 16.5. The third-order valence-corrected chi connectivity index (χ3v) is 2.35. The second-order valence-electron chi connectivity index (χ2n) is 3.66. The van der Waals surface area contributed by atoms with Crippen molar-refractivity contribution in [2.75, 3.05) is 14.2 Å². The second kappa shape index (κ2) is 7.79. The van der Waals surface area contributed by atoms with Crippen LogP contribution in [0.25, 0.3) is 0 Å². The molecule has 0 radical (unpaired) electrons. The van der Waals surface area contributed by atoms with Gasteiger partial charge < -0.3 is 20.5 Å². The van der Waals surface area contributed by atoms with Gasteiger partial charge in [0.1, 0.15) is 0 Å². The highest BCUT2D eigenvalue weighted by Gasteiger charge is 2.11. The van der Waals surface area contributed by atoms with Crippen LogP contribution in [0.5, 0.6) is 11.5 Å². The molecule has 1 aromatic rings. The smallest absolute Gasteiger partial charge is 0.236 e. The normalized spacial score (nSPS) is 11.1. The number of nitrogens with one attached hydrogen (secondary N) is 1. The fraction of sp³-hybridized carbons (Fsp3) is 0.417. The minimum atomic E-state index is -0.522. The topological polar surface area (TPSA) is 73.6 Å². The van der Waals surface area contributed by atoms with E-state index < -0.39 is 6.04 Å². The highest BCUT2D eigenvalue weighted by molar-refractivity contribution is 5.85. The molecule has 1 aromatic carbocycles. The van der Waals surface area contributed by atoms with Gasteiger partial charge in [-0.15, -0.1) is 12.4 Å². The van der Waals surface area contributed by atoms with Gasteiger partial charge in [-0.05, 0) is 13.0 Å². The zero-order valence-electron chi connectivity index (χ0n) is 10.7. The molecule has 0 fully saturated rings. The maximum atomic E-state index is 11.4. The summed E-state index contributed by atoms with van der Waals surface area (Å²) in [6, 6.07) is 4.99. The van der Waals surface area contributed by atoms with Gasteiger partial charge >= 0.3 is 0 Å². The molecular weight excluding hydrogens is 256 g/mol. The molecular formula is C12H19ClN2O3. The Bertz CT molecular complexity index is 397. The van der Waals surface area contributed by atoms with E-state index in [4.69, 9.17) is 15.2 Å². The van der Waals surface area contributed by atoms with Gasteiger partial charge in [0.05, 0.1) is 20.3 Å². The van der Waals surface area contributed by atoms with Crippen LogP contribution < -0.4 is 20.5 Å². The van der Waals surface area contributed by atoms with E-state index in [0.29, 0.717) is 18.0 Å². The van der Waals surface area contributed by atoms with Crippen LogP contribution in [0, 0.1) is 0 Å². The number of carbonyl (C=O) groups excluding carboxylic acids is 1. The van der Waals surface area contributed by atoms with Gasteiger partial charge in [0.15, 0.2) is 11.5 Å². The van der Waals surface area contributed by atoms with E-state index in [1.165, 1.54) is 0 Å². The maximum absolute atomic E-state index is 11.4. The van der Waals surface area contributed by atoms with Crippen molar-refractivity contribution < 1.29 is 14.3 Å². The molecule has 0 spiro atoms. The Morgan fingerprint density at radius 1 is 1.39 bits per heavy atom. The van der Waals surface area contributed by atoms with Gasteiger partial charge in [-0.25, -0.2) is 0 Å². The first-order valence-corrected chi connectivity index (χ1v) is 5.33. The first-order valence-electron chi connectivity index (χ1n) is 5.33. The van der Waals surface area contributed by atoms with E-state index >= 15 is 0 Å². The van der Waals surface area contributed by atoms with Crippen molar-refractivity contribution in [3.63, 3.8) is 0 Å². The van der Waals surface area contributed by atoms with E-state index in [9.17, 15) is 4.79 Å². The molecule has 1 amide bonds. The molecule has 0 saturated carbocycles. The number of nitrogens with two attached hydrogens (primary N) is 1. The van der Waals surface area contributed by atoms with Crippen LogP contribution in [0.4, 0.5) is 0 Å². The van der Waals surface area contributed by atoms with Crippen molar-refractivity contribution in [2.45, 2.75) is 19.5 Å². The summed E-state index contributed by atoms with van der Waals surface area (Å²) in [5.74, 6) is 1.06. The summed E-state index contributed by atoms with van der Waals surface area (Å²) < 4.78 is 10.4. The first-order chi connectivity index (χ1) is 8.10. The van der Waals surface area contributed by atoms with Crippen LogP contribution >= 0.6 is 12.4 Å². The molecule has 5 nitrogen and oxygen atoms in total. The predicted octanol–water partition coefficient (Wildman–Crippen LogP) is 1.09. The summed E-state index contributed by atoms with van der Waals surface area (Å²) in [6.45, 7) is 2.00. The molecule has 3 N–H and O–H groups in total. The summed E-state index contributed by atoms with van der Waals surface area (Å²) in [5.41, 5.74) is 6.31. The van der Waals surface area contributed by atoms with Crippen molar-refractivity contribution in [1.29, 1.82) is 0 Å². The number of carbonyl (C=O) groups is 1. The van der Waals surface area contributed by atoms with Gasteiger partial charge in [-0.2, -0.15) is 0 Å². The van der Waals surface area contributed by atoms with Gasteiger partial charge in [-0.3, -0.25) is 4.79 Å². The lowest BCUT2D eigenvalue weighted by atomic mass is 10.1. The molecule has 1 rings (SSSR count). The van der Waals surface area contributed by atoms with Crippen molar-refractivity contribution in [3.8, 4) is 11.5 Å². The summed E-state index contributed by atoms with van der Waals surface area (Å²) in [7, 11) is 3.14. The summed E-state index contributed by atoms with van der Waals surface area (Å²) in [6.07, 6.45) is 0. The molecule has 0 aliphatic heterocycles. The minimum absolute atomic E-state index is 0. The quantitative estimate of drug-likeness (QED) is 0.843. The highest BCUT2D eigenvalue weighted by atomic mass is 35.5. The van der Waals surface area contributed by atoms with Gasteiger partial charge in [0, 0.05) is 12.1 Å². The fourth-order valence-electron chi connectivity index (χ4n) is 1.44. The van der Waals surface area contributed by atoms with Crippen LogP contribution in [-0.2, 0) is 11.3 Å². The van der Waals surface area contributed by atoms with Crippen LogP contribution in [0.15, 0.2) is 18.2 Å². The lowest BCUT2D eigenvalue weighted by Gasteiger charge is -2.13. The molecule has 0 bridgehead atoms. The number of rotatable bonds is 5. The lowest BCUT2D eigenvalue weighted by Crippen LogP contribution is -2.37. The Balaban J connectivity index is 0.00000289. The molecule has 0 aliphatic rings. The SMILES string of the molecule is COc1cccc(CNC(=O)C(C)N)c1OC.Cl. The zero-order chi connectivity index (χ0) is 12.8. The average molecular weight is 275 g/mol. The summed E-state index contributed by atoms with van der Waals surface area (Å²) in [5, 5.41) is 2.72. The van der Waals surface area contributed by atoms with Crippen molar-refractivity contribution in [1.82, 2.24) is 5.32 Å². The molecule has 6 heteroatoms. The van der Waals surface area contributed by atoms with Gasteiger partial charge in [-0.1, -0.05) is 12.1 Å². The number of benzene rings is 1. The van der Waals surface area contributed by atoms with Crippen LogP contribution in [0.1, 0.15) is 12.5 Å². The van der Waals surface area contributed by atoms with Crippen molar-refractivity contribution in [3.05, 3.63) is 23.8 Å². The number of amides is 1. The van der Waals surface area contributed by atoms with E-state index in [0.717, 1.165) is 5.56 Å². The molecule has 1 atom stereocenters.